The fraction of sp³-hybridized carbons (Fsp3) is 0.136. The number of amides is 3. The van der Waals surface area contributed by atoms with Crippen LogP contribution in [0, 0.1) is 5.82 Å². The van der Waals surface area contributed by atoms with Crippen molar-refractivity contribution in [2.24, 2.45) is 0 Å². The Morgan fingerprint density at radius 3 is 2.74 bits per heavy atom. The molecule has 2 aromatic carbocycles. The molecule has 9 heteroatoms. The number of hydrogen-bond acceptors (Lipinski definition) is 4. The molecule has 0 fully saturated rings. The summed E-state index contributed by atoms with van der Waals surface area (Å²) in [4.78, 5) is 31.0. The summed E-state index contributed by atoms with van der Waals surface area (Å²) in [5.74, 6) is -0.612. The maximum atomic E-state index is 13.7. The van der Waals surface area contributed by atoms with Crippen molar-refractivity contribution in [3.05, 3.63) is 76.7 Å². The third-order valence-electron chi connectivity index (χ3n) is 4.93. The number of carbonyl (C=O) groups is 2. The first-order valence-electron chi connectivity index (χ1n) is 9.57. The Bertz CT molecular complexity index is 1170. The van der Waals surface area contributed by atoms with E-state index in [-0.39, 0.29) is 39.7 Å². The topological polar surface area (TPSA) is 86.4 Å². The number of fused-ring (bicyclic) bond motifs is 1. The van der Waals surface area contributed by atoms with Crippen LogP contribution in [0.25, 0.3) is 0 Å². The summed E-state index contributed by atoms with van der Waals surface area (Å²) in [5, 5.41) is 8.55. The number of aromatic nitrogens is 1. The van der Waals surface area contributed by atoms with Gasteiger partial charge >= 0.3 is 6.03 Å². The second-order valence-electron chi connectivity index (χ2n) is 6.91. The highest BCUT2D eigenvalue weighted by Gasteiger charge is 2.25. The summed E-state index contributed by atoms with van der Waals surface area (Å²) in [6.45, 7) is 0.534. The maximum Gasteiger partial charge on any atom is 0.326 e. The average molecular weight is 440 g/mol. The van der Waals surface area contributed by atoms with Crippen molar-refractivity contribution in [2.75, 3.05) is 29.1 Å². The van der Waals surface area contributed by atoms with Gasteiger partial charge in [-0.3, -0.25) is 9.69 Å². The van der Waals surface area contributed by atoms with Gasteiger partial charge in [-0.2, -0.15) is 0 Å². The number of para-hydroxylation sites is 1. The fourth-order valence-electron chi connectivity index (χ4n) is 3.38. The molecule has 0 unspecified atom stereocenters. The van der Waals surface area contributed by atoms with Gasteiger partial charge in [0.2, 0.25) is 0 Å². The zero-order valence-electron chi connectivity index (χ0n) is 16.6. The lowest BCUT2D eigenvalue weighted by atomic mass is 10.2. The van der Waals surface area contributed by atoms with Gasteiger partial charge in [0.25, 0.3) is 5.91 Å². The normalized spacial score (nSPS) is 12.3. The fourth-order valence-corrected chi connectivity index (χ4v) is 3.55. The highest BCUT2D eigenvalue weighted by atomic mass is 35.5. The molecule has 3 aromatic rings. The van der Waals surface area contributed by atoms with Crippen LogP contribution in [0.1, 0.15) is 15.9 Å². The molecular formula is C22H19ClFN5O2. The SMILES string of the molecule is CNC(=O)c1cnc(Nc2cc(F)ccc2Cl)c(NC(=O)N2CCc3ccccc32)c1. The Kier molecular flexibility index (Phi) is 5.73. The summed E-state index contributed by atoms with van der Waals surface area (Å²) in [5.41, 5.74) is 2.72. The van der Waals surface area contributed by atoms with E-state index in [0.717, 1.165) is 17.7 Å². The molecule has 1 aliphatic rings. The van der Waals surface area contributed by atoms with Gasteiger partial charge < -0.3 is 16.0 Å². The largest absolute Gasteiger partial charge is 0.355 e. The summed E-state index contributed by atoms with van der Waals surface area (Å²) in [6.07, 6.45) is 2.11. The van der Waals surface area contributed by atoms with Crippen LogP contribution in [0.2, 0.25) is 5.02 Å². The smallest absolute Gasteiger partial charge is 0.326 e. The predicted molar refractivity (Wildman–Crippen MR) is 119 cm³/mol. The molecule has 31 heavy (non-hydrogen) atoms. The van der Waals surface area contributed by atoms with Crippen LogP contribution in [0.4, 0.5) is 32.1 Å². The summed E-state index contributed by atoms with van der Waals surface area (Å²) < 4.78 is 13.7. The monoisotopic (exact) mass is 439 g/mol. The first-order valence-corrected chi connectivity index (χ1v) is 9.94. The Morgan fingerprint density at radius 2 is 1.94 bits per heavy atom. The van der Waals surface area contributed by atoms with E-state index in [4.69, 9.17) is 11.6 Å². The lowest BCUT2D eigenvalue weighted by Gasteiger charge is -2.20. The number of benzene rings is 2. The van der Waals surface area contributed by atoms with E-state index in [9.17, 15) is 14.0 Å². The molecule has 7 nitrogen and oxygen atoms in total. The minimum absolute atomic E-state index is 0.223. The lowest BCUT2D eigenvalue weighted by Crippen LogP contribution is -2.33. The minimum atomic E-state index is -0.479. The molecule has 3 N–H and O–H groups in total. The van der Waals surface area contributed by atoms with Gasteiger partial charge in [0.05, 0.1) is 22.0 Å². The molecule has 158 valence electrons. The van der Waals surface area contributed by atoms with Crippen LogP contribution < -0.4 is 20.9 Å². The quantitative estimate of drug-likeness (QED) is 0.555. The predicted octanol–water partition coefficient (Wildman–Crippen LogP) is 4.57. The van der Waals surface area contributed by atoms with E-state index >= 15 is 0 Å². The zero-order chi connectivity index (χ0) is 22.0. The first-order chi connectivity index (χ1) is 15.0. The molecule has 3 amide bonds. The second kappa shape index (κ2) is 8.61. The van der Waals surface area contributed by atoms with E-state index in [1.54, 1.807) is 4.90 Å². The molecule has 1 aromatic heterocycles. The average Bonchev–Trinajstić information content (AvgIpc) is 3.21. The summed E-state index contributed by atoms with van der Waals surface area (Å²) in [7, 11) is 1.50. The summed E-state index contributed by atoms with van der Waals surface area (Å²) in [6, 6.07) is 12.7. The van der Waals surface area contributed by atoms with Gasteiger partial charge in [-0.05, 0) is 42.3 Å². The first kappa shape index (κ1) is 20.6. The number of halogens is 2. The van der Waals surface area contributed by atoms with Crippen molar-refractivity contribution < 1.29 is 14.0 Å². The molecule has 4 rings (SSSR count). The van der Waals surface area contributed by atoms with Gasteiger partial charge in [-0.25, -0.2) is 14.2 Å². The van der Waals surface area contributed by atoms with E-state index in [2.05, 4.69) is 20.9 Å². The number of nitrogens with one attached hydrogen (secondary N) is 3. The third-order valence-corrected chi connectivity index (χ3v) is 5.26. The molecule has 0 saturated heterocycles. The number of rotatable bonds is 4. The van der Waals surface area contributed by atoms with Crippen LogP contribution in [-0.4, -0.2) is 30.5 Å². The summed E-state index contributed by atoms with van der Waals surface area (Å²) >= 11 is 6.15. The number of hydrogen-bond donors (Lipinski definition) is 3. The highest BCUT2D eigenvalue weighted by molar-refractivity contribution is 6.33. The van der Waals surface area contributed by atoms with Crippen molar-refractivity contribution >= 4 is 46.4 Å². The van der Waals surface area contributed by atoms with Crippen molar-refractivity contribution in [3.8, 4) is 0 Å². The lowest BCUT2D eigenvalue weighted by molar-refractivity contribution is 0.0962. The molecule has 0 saturated carbocycles. The van der Waals surface area contributed by atoms with Gasteiger partial charge in [0.1, 0.15) is 5.82 Å². The van der Waals surface area contributed by atoms with Gasteiger partial charge in [-0.1, -0.05) is 29.8 Å². The molecule has 1 aliphatic heterocycles. The standard InChI is InChI=1S/C22H19ClFN5O2/c1-25-21(30)14-10-18(20(26-12-14)27-17-11-15(24)6-7-16(17)23)28-22(31)29-9-8-13-4-2-3-5-19(13)29/h2-7,10-12H,8-9H2,1H3,(H,25,30)(H,26,27)(H,28,31). The van der Waals surface area contributed by atoms with Crippen molar-refractivity contribution in [1.29, 1.82) is 0 Å². The Morgan fingerprint density at radius 1 is 1.13 bits per heavy atom. The number of urea groups is 1. The van der Waals surface area contributed by atoms with Gasteiger partial charge in [0.15, 0.2) is 5.82 Å². The van der Waals surface area contributed by atoms with Crippen LogP contribution in [0.3, 0.4) is 0 Å². The number of nitrogens with zero attached hydrogens (tertiary/aromatic N) is 2. The van der Waals surface area contributed by atoms with Crippen LogP contribution in [0.5, 0.6) is 0 Å². The van der Waals surface area contributed by atoms with E-state index in [1.807, 2.05) is 24.3 Å². The second-order valence-corrected chi connectivity index (χ2v) is 7.32. The molecule has 2 heterocycles. The zero-order valence-corrected chi connectivity index (χ0v) is 17.3. The van der Waals surface area contributed by atoms with Crippen LogP contribution in [0.15, 0.2) is 54.7 Å². The van der Waals surface area contributed by atoms with E-state index in [1.165, 1.54) is 37.5 Å². The van der Waals surface area contributed by atoms with Crippen LogP contribution >= 0.6 is 11.6 Å². The number of anilines is 4. The molecule has 0 aliphatic carbocycles. The third kappa shape index (κ3) is 4.29. The molecular weight excluding hydrogens is 421 g/mol. The molecule has 0 bridgehead atoms. The van der Waals surface area contributed by atoms with E-state index in [0.29, 0.717) is 6.54 Å². The van der Waals surface area contributed by atoms with Crippen LogP contribution in [-0.2, 0) is 6.42 Å². The van der Waals surface area contributed by atoms with Crippen molar-refractivity contribution in [1.82, 2.24) is 10.3 Å². The number of pyridine rings is 1. The van der Waals surface area contributed by atoms with E-state index < -0.39 is 5.82 Å². The Balaban J connectivity index is 1.66. The van der Waals surface area contributed by atoms with Gasteiger partial charge in [-0.15, -0.1) is 0 Å². The number of carbonyl (C=O) groups excluding carboxylic acids is 2. The molecule has 0 atom stereocenters. The van der Waals surface area contributed by atoms with Gasteiger partial charge in [0, 0.05) is 25.5 Å². The van der Waals surface area contributed by atoms with Crippen molar-refractivity contribution in [3.63, 3.8) is 0 Å². The Hall–Kier alpha value is -3.65. The maximum absolute atomic E-state index is 13.7. The highest BCUT2D eigenvalue weighted by Crippen LogP contribution is 2.32. The Labute approximate surface area is 183 Å². The minimum Gasteiger partial charge on any atom is -0.355 e. The molecule has 0 spiro atoms. The molecule has 0 radical (unpaired) electrons. The van der Waals surface area contributed by atoms with Crippen molar-refractivity contribution in [2.45, 2.75) is 6.42 Å².